The molecule has 1 saturated carbocycles. The number of aliphatic hydroxyl groups is 1. The van der Waals surface area contributed by atoms with Crippen LogP contribution in [0.4, 0.5) is 0 Å². The Morgan fingerprint density at radius 1 is 1.21 bits per heavy atom. The highest BCUT2D eigenvalue weighted by Gasteiger charge is 2.25. The van der Waals surface area contributed by atoms with E-state index in [2.05, 4.69) is 21.2 Å². The molecule has 2 N–H and O–H groups in total. The normalized spacial score (nSPS) is 23.1. The largest absolute Gasteiger partial charge is 0.396 e. The van der Waals surface area contributed by atoms with E-state index in [1.54, 1.807) is 0 Å². The zero-order valence-electron chi connectivity index (χ0n) is 10.9. The van der Waals surface area contributed by atoms with Crippen molar-refractivity contribution in [3.8, 4) is 0 Å². The lowest BCUT2D eigenvalue weighted by Crippen LogP contribution is -2.33. The van der Waals surface area contributed by atoms with Crippen LogP contribution in [0.3, 0.4) is 0 Å². The van der Waals surface area contributed by atoms with Crippen LogP contribution in [0, 0.1) is 11.8 Å². The van der Waals surface area contributed by atoms with Crippen molar-refractivity contribution in [1.29, 1.82) is 0 Å². The van der Waals surface area contributed by atoms with Gasteiger partial charge in [-0.05, 0) is 49.3 Å². The molecule has 2 rings (SSSR count). The number of nitrogens with one attached hydrogen (secondary N) is 1. The molecule has 0 atom stereocenters. The zero-order valence-corrected chi connectivity index (χ0v) is 12.5. The van der Waals surface area contributed by atoms with E-state index in [-0.39, 0.29) is 18.4 Å². The molecule has 0 bridgehead atoms. The van der Waals surface area contributed by atoms with Gasteiger partial charge in [0.05, 0.1) is 0 Å². The van der Waals surface area contributed by atoms with Gasteiger partial charge in [0.1, 0.15) is 0 Å². The standard InChI is InChI=1S/C15H20BrNO2/c16-14-7-3-11(4-8-14)9-17-15(19)13-5-1-12(10-18)2-6-13/h3-4,7-8,12-13,18H,1-2,5-6,9-10H2,(H,17,19). The van der Waals surface area contributed by atoms with E-state index in [0.29, 0.717) is 12.5 Å². The first-order valence-corrected chi connectivity index (χ1v) is 7.61. The first-order valence-electron chi connectivity index (χ1n) is 6.82. The van der Waals surface area contributed by atoms with Crippen LogP contribution < -0.4 is 5.32 Å². The summed E-state index contributed by atoms with van der Waals surface area (Å²) < 4.78 is 1.05. The summed E-state index contributed by atoms with van der Waals surface area (Å²) >= 11 is 3.39. The van der Waals surface area contributed by atoms with Gasteiger partial charge in [-0.3, -0.25) is 4.79 Å². The second-order valence-corrected chi connectivity index (χ2v) is 6.16. The van der Waals surface area contributed by atoms with Crippen LogP contribution >= 0.6 is 15.9 Å². The van der Waals surface area contributed by atoms with E-state index < -0.39 is 0 Å². The highest BCUT2D eigenvalue weighted by Crippen LogP contribution is 2.28. The van der Waals surface area contributed by atoms with Crippen LogP contribution in [-0.4, -0.2) is 17.6 Å². The van der Waals surface area contributed by atoms with Crippen LogP contribution in [0.25, 0.3) is 0 Å². The summed E-state index contributed by atoms with van der Waals surface area (Å²) in [5.41, 5.74) is 1.11. The van der Waals surface area contributed by atoms with Crippen molar-refractivity contribution in [2.75, 3.05) is 6.61 Å². The molecule has 19 heavy (non-hydrogen) atoms. The number of hydrogen-bond acceptors (Lipinski definition) is 2. The van der Waals surface area contributed by atoms with Crippen molar-refractivity contribution < 1.29 is 9.90 Å². The zero-order chi connectivity index (χ0) is 13.7. The number of hydrogen-bond donors (Lipinski definition) is 2. The van der Waals surface area contributed by atoms with Gasteiger partial charge in [0.15, 0.2) is 0 Å². The summed E-state index contributed by atoms with van der Waals surface area (Å²) in [4.78, 5) is 12.1. The highest BCUT2D eigenvalue weighted by molar-refractivity contribution is 9.10. The molecule has 0 saturated heterocycles. The van der Waals surface area contributed by atoms with E-state index in [0.717, 1.165) is 35.7 Å². The molecular weight excluding hydrogens is 306 g/mol. The number of amides is 1. The summed E-state index contributed by atoms with van der Waals surface area (Å²) in [6.07, 6.45) is 3.73. The van der Waals surface area contributed by atoms with Crippen LogP contribution in [0.1, 0.15) is 31.2 Å². The molecule has 1 aromatic rings. The van der Waals surface area contributed by atoms with Gasteiger partial charge in [-0.15, -0.1) is 0 Å². The molecule has 1 amide bonds. The topological polar surface area (TPSA) is 49.3 Å². The predicted octanol–water partition coefficient (Wildman–Crippen LogP) is 2.86. The molecule has 0 aromatic heterocycles. The number of carbonyl (C=O) groups excluding carboxylic acids is 1. The molecule has 1 aromatic carbocycles. The van der Waals surface area contributed by atoms with Gasteiger partial charge in [0.25, 0.3) is 0 Å². The third-order valence-corrected chi connectivity index (χ3v) is 4.38. The second kappa shape index (κ2) is 7.06. The van der Waals surface area contributed by atoms with E-state index in [9.17, 15) is 4.79 Å². The third kappa shape index (κ3) is 4.32. The van der Waals surface area contributed by atoms with E-state index in [1.807, 2.05) is 24.3 Å². The van der Waals surface area contributed by atoms with Crippen LogP contribution in [0.15, 0.2) is 28.7 Å². The van der Waals surface area contributed by atoms with Crippen molar-refractivity contribution in [3.05, 3.63) is 34.3 Å². The number of halogens is 1. The van der Waals surface area contributed by atoms with Crippen molar-refractivity contribution in [3.63, 3.8) is 0 Å². The maximum absolute atomic E-state index is 12.1. The fraction of sp³-hybridized carbons (Fsp3) is 0.533. The molecule has 0 aliphatic heterocycles. The minimum absolute atomic E-state index is 0.123. The highest BCUT2D eigenvalue weighted by atomic mass is 79.9. The van der Waals surface area contributed by atoms with Crippen molar-refractivity contribution in [2.24, 2.45) is 11.8 Å². The van der Waals surface area contributed by atoms with Gasteiger partial charge in [-0.2, -0.15) is 0 Å². The van der Waals surface area contributed by atoms with Gasteiger partial charge in [0.2, 0.25) is 5.91 Å². The number of rotatable bonds is 4. The Kier molecular flexibility index (Phi) is 5.40. The Balaban J connectivity index is 1.77. The molecule has 0 unspecified atom stereocenters. The molecule has 1 fully saturated rings. The Hall–Kier alpha value is -0.870. The summed E-state index contributed by atoms with van der Waals surface area (Å²) in [5, 5.41) is 12.1. The maximum atomic E-state index is 12.1. The lowest BCUT2D eigenvalue weighted by Gasteiger charge is -2.26. The fourth-order valence-corrected chi connectivity index (χ4v) is 2.81. The maximum Gasteiger partial charge on any atom is 0.223 e. The summed E-state index contributed by atoms with van der Waals surface area (Å²) in [7, 11) is 0. The number of benzene rings is 1. The van der Waals surface area contributed by atoms with Crippen molar-refractivity contribution >= 4 is 21.8 Å². The molecule has 0 spiro atoms. The lowest BCUT2D eigenvalue weighted by atomic mass is 9.82. The Labute approximate surface area is 122 Å². The summed E-state index contributed by atoms with van der Waals surface area (Å²) in [5.74, 6) is 0.674. The monoisotopic (exact) mass is 325 g/mol. The van der Waals surface area contributed by atoms with Gasteiger partial charge < -0.3 is 10.4 Å². The van der Waals surface area contributed by atoms with E-state index >= 15 is 0 Å². The van der Waals surface area contributed by atoms with Gasteiger partial charge in [-0.1, -0.05) is 28.1 Å². The molecule has 3 nitrogen and oxygen atoms in total. The predicted molar refractivity (Wildman–Crippen MR) is 78.5 cm³/mol. The quantitative estimate of drug-likeness (QED) is 0.894. The Bertz CT molecular complexity index is 411. The smallest absolute Gasteiger partial charge is 0.223 e. The first-order chi connectivity index (χ1) is 9.19. The molecule has 0 radical (unpaired) electrons. The summed E-state index contributed by atoms with van der Waals surface area (Å²) in [6.45, 7) is 0.847. The fourth-order valence-electron chi connectivity index (χ4n) is 2.54. The average Bonchev–Trinajstić information content (AvgIpc) is 2.46. The average molecular weight is 326 g/mol. The molecular formula is C15H20BrNO2. The second-order valence-electron chi connectivity index (χ2n) is 5.24. The van der Waals surface area contributed by atoms with Crippen LogP contribution in [0.5, 0.6) is 0 Å². The minimum atomic E-state index is 0.123. The van der Waals surface area contributed by atoms with Gasteiger partial charge in [0, 0.05) is 23.5 Å². The Morgan fingerprint density at radius 3 is 2.42 bits per heavy atom. The molecule has 1 aliphatic rings. The van der Waals surface area contributed by atoms with E-state index in [4.69, 9.17) is 5.11 Å². The Morgan fingerprint density at radius 2 is 1.84 bits per heavy atom. The van der Waals surface area contributed by atoms with E-state index in [1.165, 1.54) is 0 Å². The number of aliphatic hydroxyl groups excluding tert-OH is 1. The lowest BCUT2D eigenvalue weighted by molar-refractivity contribution is -0.126. The molecule has 4 heteroatoms. The van der Waals surface area contributed by atoms with Gasteiger partial charge >= 0.3 is 0 Å². The minimum Gasteiger partial charge on any atom is -0.396 e. The third-order valence-electron chi connectivity index (χ3n) is 3.86. The van der Waals surface area contributed by atoms with Gasteiger partial charge in [-0.25, -0.2) is 0 Å². The molecule has 1 aliphatic carbocycles. The van der Waals surface area contributed by atoms with Crippen molar-refractivity contribution in [2.45, 2.75) is 32.2 Å². The molecule has 104 valence electrons. The van der Waals surface area contributed by atoms with Crippen molar-refractivity contribution in [1.82, 2.24) is 5.32 Å². The number of carbonyl (C=O) groups is 1. The van der Waals surface area contributed by atoms with Crippen LogP contribution in [-0.2, 0) is 11.3 Å². The first kappa shape index (κ1) is 14.5. The van der Waals surface area contributed by atoms with Crippen LogP contribution in [0.2, 0.25) is 0 Å². The SMILES string of the molecule is O=C(NCc1ccc(Br)cc1)C1CCC(CO)CC1. The molecule has 0 heterocycles. The summed E-state index contributed by atoms with van der Waals surface area (Å²) in [6, 6.07) is 7.97.